The monoisotopic (exact) mass is 478 g/mol. The van der Waals surface area contributed by atoms with Gasteiger partial charge in [-0.25, -0.2) is 0 Å². The summed E-state index contributed by atoms with van der Waals surface area (Å²) in [7, 11) is 1.80. The Balaban J connectivity index is 1.89. The average Bonchev–Trinajstić information content (AvgIpc) is 2.84. The average molecular weight is 479 g/mol. The van der Waals surface area contributed by atoms with Crippen molar-refractivity contribution < 1.29 is 0 Å². The van der Waals surface area contributed by atoms with Gasteiger partial charge in [0.25, 0.3) is 0 Å². The van der Waals surface area contributed by atoms with E-state index in [-0.39, 0.29) is 20.1 Å². The molecule has 0 aliphatic carbocycles. The third-order valence-electron chi connectivity index (χ3n) is 4.15. The summed E-state index contributed by atoms with van der Waals surface area (Å²) in [5.41, 5.74) is 0. The fourth-order valence-electron chi connectivity index (χ4n) is 2.77. The Morgan fingerprint density at radius 2 is 0.800 bits per heavy atom. The second-order valence-electron chi connectivity index (χ2n) is 6.17. The van der Waals surface area contributed by atoms with Crippen LogP contribution in [0.2, 0.25) is 0 Å². The molecule has 0 bridgehead atoms. The second-order valence-corrected chi connectivity index (χ2v) is 15.5. The number of benzene rings is 4. The van der Waals surface area contributed by atoms with Crippen LogP contribution in [0.5, 0.6) is 0 Å². The van der Waals surface area contributed by atoms with Crippen LogP contribution >= 0.6 is 23.5 Å². The zero-order chi connectivity index (χ0) is 20.4. The van der Waals surface area contributed by atoms with Crippen molar-refractivity contribution in [2.24, 2.45) is 0 Å². The van der Waals surface area contributed by atoms with Crippen LogP contribution in [0.4, 0.5) is 0 Å². The van der Waals surface area contributed by atoms with E-state index in [0.717, 1.165) is 0 Å². The fourth-order valence-corrected chi connectivity index (χ4v) is 14.1. The molecular formula is C25H20P2S3. The van der Waals surface area contributed by atoms with Crippen LogP contribution in [-0.2, 0) is 20.1 Å². The minimum atomic E-state index is -0.0160. The molecule has 0 spiro atoms. The maximum atomic E-state index is 3.65. The van der Waals surface area contributed by atoms with Crippen molar-refractivity contribution in [2.45, 2.75) is 19.6 Å². The van der Waals surface area contributed by atoms with Crippen molar-refractivity contribution in [3.63, 3.8) is 0 Å². The number of hydrogen-bond donors (Lipinski definition) is 0. The Labute approximate surface area is 188 Å². The van der Waals surface area contributed by atoms with E-state index in [0.29, 0.717) is 0 Å². The van der Waals surface area contributed by atoms with Crippen molar-refractivity contribution in [2.75, 3.05) is 0 Å². The SMILES string of the molecule is C(#P=S(c1ccccc1)c1ccccc1)S#P=S(c1ccccc1)c1ccccc1. The molecule has 0 amide bonds. The van der Waals surface area contributed by atoms with E-state index in [4.69, 9.17) is 0 Å². The van der Waals surface area contributed by atoms with Crippen LogP contribution in [0.3, 0.4) is 0 Å². The Bertz CT molecular complexity index is 1170. The molecule has 0 heterocycles. The molecule has 4 aromatic carbocycles. The van der Waals surface area contributed by atoms with Gasteiger partial charge in [-0.2, -0.15) is 0 Å². The summed E-state index contributed by atoms with van der Waals surface area (Å²) in [6.07, 6.45) is 0. The van der Waals surface area contributed by atoms with Crippen LogP contribution in [0.1, 0.15) is 0 Å². The molecule has 0 unspecified atom stereocenters. The van der Waals surface area contributed by atoms with Gasteiger partial charge in [0.1, 0.15) is 0 Å². The van der Waals surface area contributed by atoms with Crippen molar-refractivity contribution in [1.29, 1.82) is 0 Å². The van der Waals surface area contributed by atoms with Crippen LogP contribution in [0.25, 0.3) is 0 Å². The summed E-state index contributed by atoms with van der Waals surface area (Å²) in [5.74, 6) is 1.31. The van der Waals surface area contributed by atoms with Crippen LogP contribution in [0, 0.1) is 4.96 Å². The maximum absolute atomic E-state index is 3.65. The predicted molar refractivity (Wildman–Crippen MR) is 139 cm³/mol. The van der Waals surface area contributed by atoms with Crippen molar-refractivity contribution in [3.8, 4) is 4.96 Å². The molecule has 148 valence electrons. The molecule has 0 aliphatic rings. The molecule has 0 saturated carbocycles. The van der Waals surface area contributed by atoms with Gasteiger partial charge in [-0.1, -0.05) is 0 Å². The minimum absolute atomic E-state index is 0.0160. The molecule has 0 fully saturated rings. The summed E-state index contributed by atoms with van der Waals surface area (Å²) in [4.78, 5) is 9.12. The number of rotatable bonds is 4. The standard InChI is InChI=1S/C25H20P2S3/c1-5-13-22(14-6-1)29(23-15-7-2-8-16-23)26-21-28-27-30(24-17-9-3-10-18-24)25-19-11-4-12-20-25/h1-20H. The van der Waals surface area contributed by atoms with Gasteiger partial charge in [-0.05, 0) is 0 Å². The summed E-state index contributed by atoms with van der Waals surface area (Å²) in [6.45, 7) is 1.21. The molecule has 0 radical (unpaired) electrons. The van der Waals surface area contributed by atoms with Gasteiger partial charge in [0.2, 0.25) is 0 Å². The summed E-state index contributed by atoms with van der Waals surface area (Å²) in [6, 6.07) is 43.2. The van der Waals surface area contributed by atoms with E-state index in [1.807, 2.05) is 0 Å². The van der Waals surface area contributed by atoms with Gasteiger partial charge in [0, 0.05) is 0 Å². The van der Waals surface area contributed by atoms with E-state index in [1.165, 1.54) is 32.3 Å². The van der Waals surface area contributed by atoms with Crippen molar-refractivity contribution in [1.82, 2.24) is 0 Å². The van der Waals surface area contributed by atoms with Crippen molar-refractivity contribution >= 4 is 43.6 Å². The van der Waals surface area contributed by atoms with Gasteiger partial charge in [0.15, 0.2) is 0 Å². The predicted octanol–water partition coefficient (Wildman–Crippen LogP) is 8.75. The molecule has 0 nitrogen and oxygen atoms in total. The summed E-state index contributed by atoms with van der Waals surface area (Å²) < 4.78 is 0. The van der Waals surface area contributed by atoms with Crippen LogP contribution in [-0.4, -0.2) is 0 Å². The quantitative estimate of drug-likeness (QED) is 0.257. The first-order chi connectivity index (χ1) is 14.9. The van der Waals surface area contributed by atoms with E-state index in [9.17, 15) is 0 Å². The van der Waals surface area contributed by atoms with Gasteiger partial charge >= 0.3 is 189 Å². The third-order valence-corrected chi connectivity index (χ3v) is 15.2. The molecular weight excluding hydrogens is 458 g/mol. The molecule has 0 saturated heterocycles. The molecule has 0 aliphatic heterocycles. The van der Waals surface area contributed by atoms with E-state index in [2.05, 4.69) is 126 Å². The van der Waals surface area contributed by atoms with Crippen LogP contribution in [0.15, 0.2) is 141 Å². The van der Waals surface area contributed by atoms with Crippen LogP contribution < -0.4 is 0 Å². The Morgan fingerprint density at radius 1 is 0.467 bits per heavy atom. The normalized spacial score (nSPS) is 10.5. The first-order valence-electron chi connectivity index (χ1n) is 9.43. The molecule has 0 N–H and O–H groups in total. The first kappa shape index (κ1) is 21.7. The van der Waals surface area contributed by atoms with Gasteiger partial charge in [0.05, 0.1) is 0 Å². The first-order valence-corrected chi connectivity index (χ1v) is 16.3. The van der Waals surface area contributed by atoms with E-state index >= 15 is 0 Å². The van der Waals surface area contributed by atoms with Gasteiger partial charge in [-0.3, -0.25) is 0 Å². The zero-order valence-electron chi connectivity index (χ0n) is 16.2. The Hall–Kier alpha value is -1.56. The van der Waals surface area contributed by atoms with Crippen molar-refractivity contribution in [3.05, 3.63) is 121 Å². The molecule has 30 heavy (non-hydrogen) atoms. The van der Waals surface area contributed by atoms with Gasteiger partial charge in [-0.15, -0.1) is 0 Å². The zero-order valence-corrected chi connectivity index (χ0v) is 20.4. The van der Waals surface area contributed by atoms with E-state index < -0.39 is 0 Å². The van der Waals surface area contributed by atoms with Gasteiger partial charge < -0.3 is 0 Å². The fraction of sp³-hybridized carbons (Fsp3) is 0. The Morgan fingerprint density at radius 3 is 1.17 bits per heavy atom. The summed E-state index contributed by atoms with van der Waals surface area (Å²) in [5, 5.41) is 0. The number of hydrogen-bond acceptors (Lipinski definition) is 0. The third kappa shape index (κ3) is 5.99. The molecule has 4 aromatic rings. The Kier molecular flexibility index (Phi) is 8.47. The second kappa shape index (κ2) is 11.7. The molecule has 0 aromatic heterocycles. The van der Waals surface area contributed by atoms with E-state index in [1.54, 1.807) is 10.7 Å². The molecule has 0 atom stereocenters. The molecule has 4 rings (SSSR count). The topological polar surface area (TPSA) is 0 Å². The summed E-state index contributed by atoms with van der Waals surface area (Å²) >= 11 is 0. The molecule has 5 heteroatoms.